The van der Waals surface area contributed by atoms with Gasteiger partial charge in [-0.25, -0.2) is 12.8 Å². The summed E-state index contributed by atoms with van der Waals surface area (Å²) in [5.41, 5.74) is 2.17. The average molecular weight is 450 g/mol. The summed E-state index contributed by atoms with van der Waals surface area (Å²) < 4.78 is 44.5. The van der Waals surface area contributed by atoms with E-state index in [2.05, 4.69) is 10.2 Å². The topological polar surface area (TPSA) is 79.0 Å². The second-order valence-corrected chi connectivity index (χ2v) is 9.50. The van der Waals surface area contributed by atoms with Gasteiger partial charge < -0.3 is 10.1 Å². The Morgan fingerprint density at radius 3 is 2.52 bits per heavy atom. The fourth-order valence-corrected chi connectivity index (χ4v) is 4.78. The van der Waals surface area contributed by atoms with Crippen LogP contribution >= 0.6 is 0 Å². The predicted molar refractivity (Wildman–Crippen MR) is 118 cm³/mol. The van der Waals surface area contributed by atoms with Crippen LogP contribution in [0.3, 0.4) is 0 Å². The highest BCUT2D eigenvalue weighted by Gasteiger charge is 2.29. The second-order valence-electron chi connectivity index (χ2n) is 7.64. The van der Waals surface area contributed by atoms with E-state index >= 15 is 0 Å². The number of ether oxygens (including phenoxy) is 1. The molecule has 1 fully saturated rings. The monoisotopic (exact) mass is 449 g/mol. The van der Waals surface area contributed by atoms with Gasteiger partial charge in [0, 0.05) is 26.2 Å². The summed E-state index contributed by atoms with van der Waals surface area (Å²) in [6.45, 7) is 5.80. The van der Waals surface area contributed by atoms with Crippen LogP contribution in [-0.4, -0.2) is 57.8 Å². The molecule has 2 aromatic carbocycles. The van der Waals surface area contributed by atoms with Crippen LogP contribution in [0.2, 0.25) is 0 Å². The van der Waals surface area contributed by atoms with Crippen LogP contribution in [0.5, 0.6) is 0 Å². The molecule has 7 nitrogen and oxygen atoms in total. The Balaban J connectivity index is 1.65. The van der Waals surface area contributed by atoms with Gasteiger partial charge >= 0.3 is 0 Å². The largest absolute Gasteiger partial charge is 0.379 e. The van der Waals surface area contributed by atoms with Crippen LogP contribution in [0, 0.1) is 5.82 Å². The van der Waals surface area contributed by atoms with Gasteiger partial charge in [-0.2, -0.15) is 0 Å². The molecular weight excluding hydrogens is 421 g/mol. The van der Waals surface area contributed by atoms with Crippen molar-refractivity contribution in [2.45, 2.75) is 26.1 Å². The molecule has 0 aliphatic carbocycles. The number of hydrogen-bond donors (Lipinski definition) is 1. The number of morpholine rings is 1. The summed E-state index contributed by atoms with van der Waals surface area (Å²) in [6, 6.07) is 12.1. The molecule has 31 heavy (non-hydrogen) atoms. The van der Waals surface area contributed by atoms with Crippen molar-refractivity contribution >= 4 is 21.6 Å². The Morgan fingerprint density at radius 1 is 1.16 bits per heavy atom. The second kappa shape index (κ2) is 10.2. The Bertz CT molecular complexity index is 1010. The third-order valence-corrected chi connectivity index (χ3v) is 6.36. The van der Waals surface area contributed by atoms with Crippen LogP contribution < -0.4 is 9.62 Å². The fraction of sp³-hybridized carbons (Fsp3) is 0.409. The minimum absolute atomic E-state index is 0.109. The van der Waals surface area contributed by atoms with Crippen LogP contribution in [-0.2, 0) is 32.6 Å². The number of nitrogens with one attached hydrogen (secondary N) is 1. The van der Waals surface area contributed by atoms with Gasteiger partial charge in [-0.05, 0) is 36.2 Å². The van der Waals surface area contributed by atoms with Crippen LogP contribution in [0.1, 0.15) is 18.1 Å². The molecular formula is C22H28FN3O4S. The number of rotatable bonds is 8. The maximum atomic E-state index is 13.6. The number of nitrogens with zero attached hydrogens (tertiary/aromatic N) is 2. The first-order valence-corrected chi connectivity index (χ1v) is 12.0. The third kappa shape index (κ3) is 6.49. The molecule has 0 saturated carbocycles. The molecule has 9 heteroatoms. The van der Waals surface area contributed by atoms with Crippen molar-refractivity contribution in [3.63, 3.8) is 0 Å². The highest BCUT2D eigenvalue weighted by atomic mass is 32.2. The summed E-state index contributed by atoms with van der Waals surface area (Å²) in [5, 5.41) is 2.79. The van der Waals surface area contributed by atoms with Crippen molar-refractivity contribution in [3.05, 3.63) is 65.5 Å². The fourth-order valence-electron chi connectivity index (χ4n) is 3.61. The normalized spacial score (nSPS) is 16.0. The molecule has 0 spiro atoms. The quantitative estimate of drug-likeness (QED) is 0.668. The first-order chi connectivity index (χ1) is 14.7. The lowest BCUT2D eigenvalue weighted by atomic mass is 10.1. The van der Waals surface area contributed by atoms with E-state index in [-0.39, 0.29) is 12.2 Å². The number of benzene rings is 2. The van der Waals surface area contributed by atoms with E-state index in [1.54, 1.807) is 0 Å². The molecule has 1 aliphatic heterocycles. The van der Waals surface area contributed by atoms with Gasteiger partial charge in [0.25, 0.3) is 0 Å². The number of sulfonamides is 1. The van der Waals surface area contributed by atoms with E-state index in [0.29, 0.717) is 0 Å². The molecule has 0 aromatic heterocycles. The Labute approximate surface area is 182 Å². The summed E-state index contributed by atoms with van der Waals surface area (Å²) in [4.78, 5) is 15.0. The first-order valence-electron chi connectivity index (χ1n) is 10.1. The molecule has 1 amide bonds. The van der Waals surface area contributed by atoms with Gasteiger partial charge in [0.05, 0.1) is 25.2 Å². The Morgan fingerprint density at radius 2 is 1.84 bits per heavy atom. The molecule has 1 unspecified atom stereocenters. The zero-order valence-electron chi connectivity index (χ0n) is 17.8. The standard InChI is InChI=1S/C22H28FN3O4S/c1-17(26(31(2,28)29)21-8-4-7-20(23)14-21)22(27)24-15-18-5-3-6-19(13-18)16-25-9-11-30-12-10-25/h3-8,13-14,17H,9-12,15-16H2,1-2H3,(H,24,27). The molecule has 1 atom stereocenters. The van der Waals surface area contributed by atoms with Crippen molar-refractivity contribution < 1.29 is 22.3 Å². The minimum atomic E-state index is -3.79. The van der Waals surface area contributed by atoms with Crippen molar-refractivity contribution in [2.75, 3.05) is 36.9 Å². The van der Waals surface area contributed by atoms with E-state index in [1.165, 1.54) is 25.1 Å². The highest BCUT2D eigenvalue weighted by Crippen LogP contribution is 2.21. The molecule has 0 bridgehead atoms. The number of carbonyl (C=O) groups is 1. The van der Waals surface area contributed by atoms with E-state index < -0.39 is 27.8 Å². The van der Waals surface area contributed by atoms with Crippen LogP contribution in [0.4, 0.5) is 10.1 Å². The maximum Gasteiger partial charge on any atom is 0.243 e. The van der Waals surface area contributed by atoms with Gasteiger partial charge in [0.1, 0.15) is 11.9 Å². The van der Waals surface area contributed by atoms with E-state index in [1.807, 2.05) is 24.3 Å². The summed E-state index contributed by atoms with van der Waals surface area (Å²) >= 11 is 0. The van der Waals surface area contributed by atoms with Crippen LogP contribution in [0.25, 0.3) is 0 Å². The number of carbonyl (C=O) groups excluding carboxylic acids is 1. The predicted octanol–water partition coefficient (Wildman–Crippen LogP) is 2.13. The van der Waals surface area contributed by atoms with E-state index in [0.717, 1.165) is 60.6 Å². The van der Waals surface area contributed by atoms with Gasteiger partial charge in [-0.15, -0.1) is 0 Å². The Kier molecular flexibility index (Phi) is 7.64. The smallest absolute Gasteiger partial charge is 0.243 e. The number of amides is 1. The van der Waals surface area contributed by atoms with Crippen LogP contribution in [0.15, 0.2) is 48.5 Å². The van der Waals surface area contributed by atoms with Gasteiger partial charge in [-0.1, -0.05) is 30.3 Å². The third-order valence-electron chi connectivity index (χ3n) is 5.12. The number of halogens is 1. The zero-order valence-corrected chi connectivity index (χ0v) is 18.6. The molecule has 168 valence electrons. The SMILES string of the molecule is CC(C(=O)NCc1cccc(CN2CCOCC2)c1)N(c1cccc(F)c1)S(C)(=O)=O. The lowest BCUT2D eigenvalue weighted by molar-refractivity contribution is -0.122. The lowest BCUT2D eigenvalue weighted by Crippen LogP contribution is -2.47. The van der Waals surface area contributed by atoms with Gasteiger partial charge in [0.15, 0.2) is 0 Å². The van der Waals surface area contributed by atoms with Gasteiger partial charge in [0.2, 0.25) is 15.9 Å². The molecule has 0 radical (unpaired) electrons. The summed E-state index contributed by atoms with van der Waals surface area (Å²) in [5.74, 6) is -1.04. The highest BCUT2D eigenvalue weighted by molar-refractivity contribution is 7.92. The molecule has 1 N–H and O–H groups in total. The van der Waals surface area contributed by atoms with E-state index in [4.69, 9.17) is 4.74 Å². The summed E-state index contributed by atoms with van der Waals surface area (Å²) in [6.07, 6.45) is 0.997. The van der Waals surface area contributed by atoms with Gasteiger partial charge in [-0.3, -0.25) is 14.0 Å². The Hall–Kier alpha value is -2.49. The van der Waals surface area contributed by atoms with Crippen molar-refractivity contribution in [2.24, 2.45) is 0 Å². The lowest BCUT2D eigenvalue weighted by Gasteiger charge is -2.28. The van der Waals surface area contributed by atoms with E-state index in [9.17, 15) is 17.6 Å². The number of anilines is 1. The van der Waals surface area contributed by atoms with Crippen molar-refractivity contribution in [3.8, 4) is 0 Å². The summed E-state index contributed by atoms with van der Waals surface area (Å²) in [7, 11) is -3.79. The molecule has 2 aromatic rings. The molecule has 1 aliphatic rings. The average Bonchev–Trinajstić information content (AvgIpc) is 2.72. The first kappa shape index (κ1) is 23.2. The number of hydrogen-bond acceptors (Lipinski definition) is 5. The zero-order chi connectivity index (χ0) is 22.4. The molecule has 1 saturated heterocycles. The molecule has 3 rings (SSSR count). The minimum Gasteiger partial charge on any atom is -0.379 e. The van der Waals surface area contributed by atoms with Crippen molar-refractivity contribution in [1.29, 1.82) is 0 Å². The molecule has 1 heterocycles. The maximum absolute atomic E-state index is 13.6. The van der Waals surface area contributed by atoms with Crippen molar-refractivity contribution in [1.82, 2.24) is 10.2 Å².